The number of hydrogen-bond acceptors (Lipinski definition) is 3. The van der Waals surface area contributed by atoms with Gasteiger partial charge in [-0.1, -0.05) is 38.1 Å². The van der Waals surface area contributed by atoms with Gasteiger partial charge in [0.2, 0.25) is 0 Å². The van der Waals surface area contributed by atoms with Gasteiger partial charge in [0.1, 0.15) is 0 Å². The van der Waals surface area contributed by atoms with Gasteiger partial charge >= 0.3 is 0 Å². The van der Waals surface area contributed by atoms with E-state index in [1.165, 1.54) is 11.8 Å². The van der Waals surface area contributed by atoms with Crippen LogP contribution in [0.1, 0.15) is 46.5 Å². The number of sulfone groups is 1. The lowest BCUT2D eigenvalue weighted by molar-refractivity contribution is 0.0882. The molecule has 0 radical (unpaired) electrons. The fourth-order valence-electron chi connectivity index (χ4n) is 4.20. The number of epoxide rings is 1. The number of benzene rings is 1. The summed E-state index contributed by atoms with van der Waals surface area (Å²) in [4.78, 5) is 0.354. The van der Waals surface area contributed by atoms with E-state index in [4.69, 9.17) is 4.74 Å². The van der Waals surface area contributed by atoms with E-state index in [1.54, 1.807) is 30.3 Å². The molecule has 1 saturated heterocycles. The fraction of sp³-hybridized carbons (Fsp3) is 0.579. The molecule has 1 aromatic carbocycles. The van der Waals surface area contributed by atoms with E-state index in [2.05, 4.69) is 20.8 Å². The first-order chi connectivity index (χ1) is 10.8. The molecule has 3 rings (SSSR count). The third-order valence-corrected chi connectivity index (χ3v) is 7.11. The van der Waals surface area contributed by atoms with Gasteiger partial charge in [-0.25, -0.2) is 8.42 Å². The number of rotatable bonds is 5. The average molecular weight is 334 g/mol. The molecule has 4 heteroatoms. The van der Waals surface area contributed by atoms with Crippen LogP contribution in [0.3, 0.4) is 0 Å². The SMILES string of the molecule is CC1(C)CC[C@@H]2O[C@]2(C)[C@@H]1CC/C=C/S(=O)(=O)c1ccccc1. The second kappa shape index (κ2) is 5.75. The second-order valence-corrected chi connectivity index (χ2v) is 9.51. The third kappa shape index (κ3) is 3.24. The van der Waals surface area contributed by atoms with Crippen molar-refractivity contribution in [3.05, 3.63) is 41.8 Å². The highest BCUT2D eigenvalue weighted by Crippen LogP contribution is 2.59. The minimum absolute atomic E-state index is 0.00783. The van der Waals surface area contributed by atoms with Gasteiger partial charge in [0, 0.05) is 5.41 Å². The van der Waals surface area contributed by atoms with E-state index in [9.17, 15) is 8.42 Å². The minimum Gasteiger partial charge on any atom is -0.366 e. The van der Waals surface area contributed by atoms with Crippen molar-refractivity contribution in [1.29, 1.82) is 0 Å². The van der Waals surface area contributed by atoms with E-state index < -0.39 is 9.84 Å². The predicted octanol–water partition coefficient (Wildman–Crippen LogP) is 4.35. The molecule has 2 fully saturated rings. The number of hydrogen-bond donors (Lipinski definition) is 0. The molecule has 0 unspecified atom stereocenters. The molecule has 0 amide bonds. The Morgan fingerprint density at radius 1 is 1.22 bits per heavy atom. The smallest absolute Gasteiger partial charge is 0.199 e. The van der Waals surface area contributed by atoms with Gasteiger partial charge < -0.3 is 4.74 Å². The number of ether oxygens (including phenoxy) is 1. The van der Waals surface area contributed by atoms with Crippen LogP contribution in [0.4, 0.5) is 0 Å². The molecule has 1 saturated carbocycles. The molecular weight excluding hydrogens is 308 g/mol. The van der Waals surface area contributed by atoms with Crippen LogP contribution in [0.2, 0.25) is 0 Å². The van der Waals surface area contributed by atoms with Crippen LogP contribution >= 0.6 is 0 Å². The molecule has 23 heavy (non-hydrogen) atoms. The minimum atomic E-state index is -3.32. The van der Waals surface area contributed by atoms with Crippen molar-refractivity contribution < 1.29 is 13.2 Å². The first-order valence-corrected chi connectivity index (χ1v) is 9.95. The van der Waals surface area contributed by atoms with Gasteiger partial charge in [0.05, 0.1) is 16.6 Å². The van der Waals surface area contributed by atoms with Crippen molar-refractivity contribution in [3.63, 3.8) is 0 Å². The van der Waals surface area contributed by atoms with Crippen molar-refractivity contribution in [2.45, 2.75) is 63.1 Å². The van der Waals surface area contributed by atoms with Crippen LogP contribution in [-0.4, -0.2) is 20.1 Å². The Hall–Kier alpha value is -1.13. The van der Waals surface area contributed by atoms with Gasteiger partial charge in [0.25, 0.3) is 0 Å². The summed E-state index contributed by atoms with van der Waals surface area (Å²) in [5, 5.41) is 1.35. The summed E-state index contributed by atoms with van der Waals surface area (Å²) in [7, 11) is -3.32. The van der Waals surface area contributed by atoms with E-state index in [-0.39, 0.29) is 11.0 Å². The molecule has 0 N–H and O–H groups in total. The Kier molecular flexibility index (Phi) is 4.18. The largest absolute Gasteiger partial charge is 0.366 e. The van der Waals surface area contributed by atoms with Gasteiger partial charge in [-0.05, 0) is 56.1 Å². The highest BCUT2D eigenvalue weighted by atomic mass is 32.2. The molecule has 126 valence electrons. The monoisotopic (exact) mass is 334 g/mol. The van der Waals surface area contributed by atoms with E-state index >= 15 is 0 Å². The quantitative estimate of drug-likeness (QED) is 0.752. The Bertz CT molecular complexity index is 686. The van der Waals surface area contributed by atoms with Crippen LogP contribution in [0.25, 0.3) is 0 Å². The molecule has 2 aliphatic rings. The first kappa shape index (κ1) is 16.7. The van der Waals surface area contributed by atoms with Crippen LogP contribution < -0.4 is 0 Å². The van der Waals surface area contributed by atoms with Crippen LogP contribution in [0.5, 0.6) is 0 Å². The summed E-state index contributed by atoms with van der Waals surface area (Å²) in [6.45, 7) is 6.84. The van der Waals surface area contributed by atoms with Gasteiger partial charge in [-0.15, -0.1) is 0 Å². The second-order valence-electron chi connectivity index (χ2n) is 7.68. The lowest BCUT2D eigenvalue weighted by atomic mass is 9.62. The summed E-state index contributed by atoms with van der Waals surface area (Å²) in [6, 6.07) is 8.58. The maximum atomic E-state index is 12.2. The van der Waals surface area contributed by atoms with E-state index in [1.807, 2.05) is 6.07 Å². The molecule has 3 nitrogen and oxygen atoms in total. The van der Waals surface area contributed by atoms with Crippen molar-refractivity contribution in [3.8, 4) is 0 Å². The normalized spacial score (nSPS) is 32.7. The average Bonchev–Trinajstić information content (AvgIpc) is 3.17. The van der Waals surface area contributed by atoms with Crippen molar-refractivity contribution in [2.75, 3.05) is 0 Å². The Balaban J connectivity index is 1.63. The van der Waals surface area contributed by atoms with E-state index in [0.29, 0.717) is 16.9 Å². The molecule has 0 aromatic heterocycles. The molecule has 1 aliphatic carbocycles. The molecule has 3 atom stereocenters. The zero-order valence-corrected chi connectivity index (χ0v) is 15.0. The number of allylic oxidation sites excluding steroid dienone is 1. The lowest BCUT2D eigenvalue weighted by Crippen LogP contribution is -2.40. The lowest BCUT2D eigenvalue weighted by Gasteiger charge is -2.40. The highest BCUT2D eigenvalue weighted by Gasteiger charge is 2.63. The zero-order chi connectivity index (χ0) is 16.7. The highest BCUT2D eigenvalue weighted by molar-refractivity contribution is 7.94. The van der Waals surface area contributed by atoms with Gasteiger partial charge in [0.15, 0.2) is 9.84 Å². The molecular formula is C19H26O3S. The van der Waals surface area contributed by atoms with Gasteiger partial charge in [-0.3, -0.25) is 0 Å². The molecule has 0 spiro atoms. The first-order valence-electron chi connectivity index (χ1n) is 8.40. The standard InChI is InChI=1S/C19H26O3S/c1-18(2)13-12-17-19(3,22-17)16(18)11-7-8-14-23(20,21)15-9-5-4-6-10-15/h4-6,8-10,14,16-17H,7,11-13H2,1-3H3/b14-8+/t16-,17+,19-/m1/s1. The predicted molar refractivity (Wildman–Crippen MR) is 91.8 cm³/mol. The van der Waals surface area contributed by atoms with Gasteiger partial charge in [-0.2, -0.15) is 0 Å². The Morgan fingerprint density at radius 3 is 2.61 bits per heavy atom. The molecule has 0 bridgehead atoms. The molecule has 1 aliphatic heterocycles. The fourth-order valence-corrected chi connectivity index (χ4v) is 5.28. The van der Waals surface area contributed by atoms with Crippen LogP contribution in [-0.2, 0) is 14.6 Å². The zero-order valence-electron chi connectivity index (χ0n) is 14.2. The Labute approximate surface area is 139 Å². The van der Waals surface area contributed by atoms with Crippen molar-refractivity contribution >= 4 is 9.84 Å². The molecule has 1 heterocycles. The molecule has 1 aromatic rings. The summed E-state index contributed by atoms with van der Waals surface area (Å²) in [6.07, 6.45) is 6.29. The summed E-state index contributed by atoms with van der Waals surface area (Å²) < 4.78 is 30.4. The van der Waals surface area contributed by atoms with Crippen molar-refractivity contribution in [2.24, 2.45) is 11.3 Å². The van der Waals surface area contributed by atoms with Crippen molar-refractivity contribution in [1.82, 2.24) is 0 Å². The topological polar surface area (TPSA) is 46.7 Å². The summed E-state index contributed by atoms with van der Waals surface area (Å²) in [5.41, 5.74) is 0.266. The maximum absolute atomic E-state index is 12.2. The summed E-state index contributed by atoms with van der Waals surface area (Å²) in [5.74, 6) is 0.484. The van der Waals surface area contributed by atoms with Crippen LogP contribution in [0.15, 0.2) is 46.7 Å². The Morgan fingerprint density at radius 2 is 1.91 bits per heavy atom. The summed E-state index contributed by atoms with van der Waals surface area (Å²) >= 11 is 0. The van der Waals surface area contributed by atoms with E-state index in [0.717, 1.165) is 19.3 Å². The van der Waals surface area contributed by atoms with Crippen LogP contribution in [0, 0.1) is 11.3 Å². The third-order valence-electron chi connectivity index (χ3n) is 5.63. The maximum Gasteiger partial charge on any atom is 0.199 e. The number of fused-ring (bicyclic) bond motifs is 1.